The van der Waals surface area contributed by atoms with Crippen molar-refractivity contribution in [2.24, 2.45) is 0 Å². The van der Waals surface area contributed by atoms with Gasteiger partial charge in [-0.3, -0.25) is 48.5 Å². The number of benzene rings is 10. The van der Waals surface area contributed by atoms with Crippen LogP contribution in [0.5, 0.6) is 17.2 Å². The van der Waals surface area contributed by atoms with Crippen LogP contribution in [0.25, 0.3) is 52.9 Å². The van der Waals surface area contributed by atoms with E-state index in [0.29, 0.717) is 153 Å². The van der Waals surface area contributed by atoms with Gasteiger partial charge in [-0.05, 0) is 203 Å². The first-order valence-electron chi connectivity index (χ1n) is 46.5. The number of rotatable bonds is 38. The molecule has 40 heteroatoms. The minimum atomic E-state index is -0.986. The summed E-state index contributed by atoms with van der Waals surface area (Å²) in [6.07, 6.45) is 7.98. The number of aromatic carboxylic acids is 1. The van der Waals surface area contributed by atoms with Gasteiger partial charge in [0.2, 0.25) is 25.7 Å². The van der Waals surface area contributed by atoms with E-state index in [-0.39, 0.29) is 48.3 Å². The molecule has 762 valence electrons. The van der Waals surface area contributed by atoms with Crippen LogP contribution in [0.4, 0.5) is 25.7 Å². The number of aryl methyl sites for hydroxylation is 3. The van der Waals surface area contributed by atoms with Crippen LogP contribution in [-0.4, -0.2) is 181 Å². The molecular weight excluding hydrogens is 2080 g/mol. The van der Waals surface area contributed by atoms with Crippen LogP contribution in [0.15, 0.2) is 218 Å². The number of nitrogens with zero attached hydrogens (tertiary/aromatic N) is 15. The molecule has 15 aromatic rings. The van der Waals surface area contributed by atoms with E-state index in [1.165, 1.54) is 75.9 Å². The summed E-state index contributed by atoms with van der Waals surface area (Å²) in [5, 5.41) is 78.7. The molecule has 29 nitrogen and oxygen atoms in total. The van der Waals surface area contributed by atoms with Crippen molar-refractivity contribution in [3.8, 4) is 70.1 Å². The molecular formula is C106H107Cl6N15O14S5. The predicted molar refractivity (Wildman–Crippen MR) is 586 cm³/mol. The molecule has 15 rings (SSSR count). The van der Waals surface area contributed by atoms with Gasteiger partial charge in [0.25, 0.3) is 29.5 Å². The monoisotopic (exact) mass is 2180 g/mol. The summed E-state index contributed by atoms with van der Waals surface area (Å²) in [6.45, 7) is 18.5. The minimum absolute atomic E-state index is 0.0109. The molecule has 0 aliphatic rings. The molecule has 0 bridgehead atoms. The Kier molecular flexibility index (Phi) is 44.3. The van der Waals surface area contributed by atoms with Gasteiger partial charge in [0, 0.05) is 60.5 Å². The third-order valence-corrected chi connectivity index (χ3v) is 28.9. The third-order valence-electron chi connectivity index (χ3n) is 22.0. The molecule has 146 heavy (non-hydrogen) atoms. The summed E-state index contributed by atoms with van der Waals surface area (Å²) in [4.78, 5) is 96.4. The maximum Gasteiger partial charge on any atom is 0.337 e. The van der Waals surface area contributed by atoms with E-state index in [9.17, 15) is 38.7 Å². The van der Waals surface area contributed by atoms with Gasteiger partial charge >= 0.3 is 11.9 Å². The number of aliphatic hydroxyl groups excluding tert-OH is 2. The highest BCUT2D eigenvalue weighted by Gasteiger charge is 2.31. The molecule has 5 aromatic heterocycles. The molecule has 1 atom stereocenters. The number of hydrogen-bond acceptors (Lipinski definition) is 28. The standard InChI is InChI=1S/C24H28ClN3O4S.C21H20ClN3O3S.C21H22ClN3O2S.C20H19Cl2N3O2S.C20H18ClN3O3S/c1-4-5-10-28(23(31)19-8-6-7-9-20(19)25)24-27-26-22(33-24)17-11-15(2)21(16(3)12-17)32-14-18(30)13-29;1-3-4-13-25(19(26)16-7-5-6-8-17(16)22)21-24-23-18(29-21)14-9-11-15(12-10-14)20(27)28-2;1-4-5-12-25(20(26)16-8-6-7-9-17(16)22)21-24-23-19(28-21)15-10-11-18(27-3)14(2)13-15;1-3-4-11-25(19(26)14-7-5-6-8-15(14)21)20-24-23-18(28-20)13-9-10-17(27-2)16(22)12-13;1-2-3-12-24(18(25)15-6-4-5-7-16(15)21)20-23-22-17(28-20)13-8-10-14(11-9-13)19(26)27/h6-9,11-12,18,29-30H,4-5,10,13-14H2,1-3H3;5-12H,3-4,13H2,1-2H3;6-11,13H,4-5,12H2,1-3H3;5-10,12H,3-4,11H2,1-2H3;4-11H,2-3,12H2,1H3,(H,26,27). The van der Waals surface area contributed by atoms with Crippen LogP contribution >= 0.6 is 126 Å². The lowest BCUT2D eigenvalue weighted by molar-refractivity contribution is 0.0532. The molecule has 0 aliphatic heterocycles. The highest BCUT2D eigenvalue weighted by molar-refractivity contribution is 7.20. The number of ether oxygens (including phenoxy) is 4. The fourth-order valence-corrected chi connectivity index (χ4v) is 19.8. The average Bonchev–Trinajstić information content (AvgIpc) is 1.72. The van der Waals surface area contributed by atoms with Crippen LogP contribution in [0.3, 0.4) is 0 Å². The Hall–Kier alpha value is -12.7. The minimum Gasteiger partial charge on any atom is -0.496 e. The highest BCUT2D eigenvalue weighted by Crippen LogP contribution is 2.41. The Balaban J connectivity index is 0.000000174. The quantitative estimate of drug-likeness (QED) is 0.0303. The van der Waals surface area contributed by atoms with Crippen LogP contribution < -0.4 is 38.7 Å². The molecule has 0 spiro atoms. The topological polar surface area (TPSA) is 362 Å². The van der Waals surface area contributed by atoms with E-state index in [4.69, 9.17) is 98.8 Å². The fourth-order valence-electron chi connectivity index (χ4n) is 14.1. The van der Waals surface area contributed by atoms with Gasteiger partial charge in [-0.25, -0.2) is 9.59 Å². The number of aromatic nitrogens is 10. The number of amides is 5. The van der Waals surface area contributed by atoms with Gasteiger partial charge in [-0.15, -0.1) is 51.0 Å². The van der Waals surface area contributed by atoms with Crippen molar-refractivity contribution in [1.29, 1.82) is 0 Å². The van der Waals surface area contributed by atoms with Crippen molar-refractivity contribution in [1.82, 2.24) is 51.0 Å². The molecule has 5 heterocycles. The zero-order chi connectivity index (χ0) is 105. The number of unbranched alkanes of at least 4 members (excludes halogenated alkanes) is 5. The van der Waals surface area contributed by atoms with E-state index < -0.39 is 18.0 Å². The number of hydrogen-bond donors (Lipinski definition) is 3. The zero-order valence-corrected chi connectivity index (χ0v) is 90.4. The maximum absolute atomic E-state index is 13.2. The van der Waals surface area contributed by atoms with Gasteiger partial charge in [-0.2, -0.15) is 0 Å². The lowest BCUT2D eigenvalue weighted by Gasteiger charge is -2.19. The second kappa shape index (κ2) is 56.9. The smallest absolute Gasteiger partial charge is 0.337 e. The third kappa shape index (κ3) is 30.5. The van der Waals surface area contributed by atoms with E-state index in [0.717, 1.165) is 119 Å². The Morgan fingerprint density at radius 3 is 0.863 bits per heavy atom. The molecule has 0 saturated carbocycles. The van der Waals surface area contributed by atoms with Crippen LogP contribution in [-0.2, 0) is 4.74 Å². The zero-order valence-electron chi connectivity index (χ0n) is 81.7. The number of carboxylic acids is 1. The van der Waals surface area contributed by atoms with Crippen LogP contribution in [0.2, 0.25) is 30.1 Å². The van der Waals surface area contributed by atoms with Gasteiger partial charge in [0.1, 0.15) is 55.0 Å². The van der Waals surface area contributed by atoms with Crippen molar-refractivity contribution in [2.75, 3.05) is 91.8 Å². The summed E-state index contributed by atoms with van der Waals surface area (Å²) in [5.41, 5.74) is 9.82. The maximum atomic E-state index is 13.2. The normalized spacial score (nSPS) is 11.0. The number of halogens is 6. The first-order valence-corrected chi connectivity index (χ1v) is 52.9. The summed E-state index contributed by atoms with van der Waals surface area (Å²) >= 11 is 44.0. The highest BCUT2D eigenvalue weighted by atomic mass is 35.5. The number of carbonyl (C=O) groups excluding carboxylic acids is 6. The number of anilines is 5. The van der Waals surface area contributed by atoms with Crippen molar-refractivity contribution in [3.63, 3.8) is 0 Å². The van der Waals surface area contributed by atoms with E-state index in [2.05, 4.69) is 78.7 Å². The average molecular weight is 2190 g/mol. The summed E-state index contributed by atoms with van der Waals surface area (Å²) < 4.78 is 20.9. The van der Waals surface area contributed by atoms with E-state index >= 15 is 0 Å². The van der Waals surface area contributed by atoms with Crippen molar-refractivity contribution in [3.05, 3.63) is 304 Å². The molecule has 0 fully saturated rings. The van der Waals surface area contributed by atoms with Crippen LogP contribution in [0, 0.1) is 20.8 Å². The number of carbonyl (C=O) groups is 7. The molecule has 5 amide bonds. The fraction of sp³-hybridized carbons (Fsp3) is 0.274. The first kappa shape index (κ1) is 114. The second-order valence-corrected chi connectivity index (χ2v) is 39.7. The van der Waals surface area contributed by atoms with Gasteiger partial charge in [-0.1, -0.05) is 278 Å². The van der Waals surface area contributed by atoms with Crippen molar-refractivity contribution < 1.29 is 67.8 Å². The Labute approximate surface area is 896 Å². The second-order valence-electron chi connectivity index (χ2n) is 32.5. The first-order chi connectivity index (χ1) is 70.5. The Morgan fingerprint density at radius 1 is 0.329 bits per heavy atom. The molecule has 1 unspecified atom stereocenters. The van der Waals surface area contributed by atoms with E-state index in [1.807, 2.05) is 76.2 Å². The lowest BCUT2D eigenvalue weighted by Crippen LogP contribution is -2.32. The summed E-state index contributed by atoms with van der Waals surface area (Å²) in [6, 6.07) is 63.4. The molecule has 0 aliphatic carbocycles. The van der Waals surface area contributed by atoms with E-state index in [1.54, 1.807) is 196 Å². The predicted octanol–water partition coefficient (Wildman–Crippen LogP) is 26.3. The molecule has 0 radical (unpaired) electrons. The molecule has 10 aromatic carbocycles. The number of esters is 1. The van der Waals surface area contributed by atoms with Gasteiger partial charge in [0.15, 0.2) is 0 Å². The summed E-state index contributed by atoms with van der Waals surface area (Å²) in [5.74, 6) is -0.269. The number of methoxy groups -OCH3 is 3. The number of aliphatic hydroxyl groups is 2. The Bertz CT molecular complexity index is 6750. The van der Waals surface area contributed by atoms with Crippen molar-refractivity contribution in [2.45, 2.75) is 126 Å². The van der Waals surface area contributed by atoms with Crippen molar-refractivity contribution >= 4 is 193 Å². The molecule has 3 N–H and O–H groups in total. The molecule has 0 saturated heterocycles. The largest absolute Gasteiger partial charge is 0.496 e. The number of carboxylic acid groups (broad SMARTS) is 1. The Morgan fingerprint density at radius 2 is 0.596 bits per heavy atom. The van der Waals surface area contributed by atoms with Gasteiger partial charge in [0.05, 0.1) is 97.0 Å². The van der Waals surface area contributed by atoms with Gasteiger partial charge < -0.3 is 34.3 Å². The SMILES string of the molecule is CCCCN(C(=O)c1ccccc1Cl)c1nnc(-c2cc(C)c(OCC(O)CO)c(C)c2)s1.CCCCN(C(=O)c1ccccc1Cl)c1nnc(-c2ccc(C(=O)O)cc2)s1.CCCCN(C(=O)c1ccccc1Cl)c1nnc(-c2ccc(C(=O)OC)cc2)s1.CCCCN(C(=O)c1ccccc1Cl)c1nnc(-c2ccc(OC)c(C)c2)s1.CCCCN(C(=O)c1ccccc1Cl)c1nnc(-c2ccc(OC)c(Cl)c2)s1. The lowest BCUT2D eigenvalue weighted by atomic mass is 10.1. The van der Waals surface area contributed by atoms with Crippen LogP contribution in [0.1, 0.15) is 188 Å². The summed E-state index contributed by atoms with van der Waals surface area (Å²) in [7, 11) is 4.56.